The number of halogens is 2. The summed E-state index contributed by atoms with van der Waals surface area (Å²) in [6.45, 7) is 14.8. The smallest absolute Gasteiger partial charge is 0.407 e. The molecule has 0 bridgehead atoms. The number of phenols is 1. The van der Waals surface area contributed by atoms with E-state index in [4.69, 9.17) is 94.0 Å². The number of hydrogen-bond acceptors (Lipinski definition) is 22. The van der Waals surface area contributed by atoms with Gasteiger partial charge in [-0.05, 0) is 285 Å². The van der Waals surface area contributed by atoms with Crippen LogP contribution in [0.1, 0.15) is 183 Å². The molecule has 4 unspecified atom stereocenters. The quantitative estimate of drug-likeness (QED) is 0.00956. The number of aliphatic hydroxyl groups excluding tert-OH is 7. The van der Waals surface area contributed by atoms with Gasteiger partial charge in [-0.1, -0.05) is 213 Å². The van der Waals surface area contributed by atoms with Crippen molar-refractivity contribution in [3.63, 3.8) is 0 Å². The van der Waals surface area contributed by atoms with Gasteiger partial charge in [-0.25, -0.2) is 9.59 Å². The van der Waals surface area contributed by atoms with E-state index in [2.05, 4.69) is 116 Å². The normalized spacial score (nSPS) is 11.8. The summed E-state index contributed by atoms with van der Waals surface area (Å²) >= 11 is 5.08. The molecule has 4 atom stereocenters. The fourth-order valence-electron chi connectivity index (χ4n) is 11.7. The maximum atomic E-state index is 11.6. The molecule has 0 radical (unpaired) electrons. The van der Waals surface area contributed by atoms with Gasteiger partial charge in [-0.2, -0.15) is 0 Å². The fourth-order valence-corrected chi connectivity index (χ4v) is 11.8. The van der Waals surface area contributed by atoms with Crippen molar-refractivity contribution in [3.05, 3.63) is 297 Å². The van der Waals surface area contributed by atoms with Crippen molar-refractivity contribution in [2.45, 2.75) is 220 Å². The number of aliphatic carboxylic acids is 1. The van der Waals surface area contributed by atoms with Crippen molar-refractivity contribution in [2.24, 2.45) is 28.9 Å². The van der Waals surface area contributed by atoms with Crippen LogP contribution in [-0.4, -0.2) is 185 Å². The first-order valence-corrected chi connectivity index (χ1v) is 46.9. The number of phenolic OH excluding ortho intramolecular Hbond substituents is 1. The van der Waals surface area contributed by atoms with Crippen molar-refractivity contribution >= 4 is 57.9 Å². The number of aliphatic hydroxyl groups is 7. The summed E-state index contributed by atoms with van der Waals surface area (Å²) in [4.78, 5) is 54.0. The lowest BCUT2D eigenvalue weighted by molar-refractivity contribution is -0.137. The van der Waals surface area contributed by atoms with Gasteiger partial charge in [0.15, 0.2) is 0 Å². The third-order valence-electron chi connectivity index (χ3n) is 19.8. The molecule has 0 spiro atoms. The number of alkyl carbamates (subject to hydrolysis) is 2. The van der Waals surface area contributed by atoms with Crippen molar-refractivity contribution in [1.82, 2.24) is 10.6 Å². The van der Waals surface area contributed by atoms with E-state index in [1.165, 1.54) is 62.1 Å². The first kappa shape index (κ1) is 123. The molecule has 28 heteroatoms. The Kier molecular flexibility index (Phi) is 73.5. The van der Waals surface area contributed by atoms with Crippen molar-refractivity contribution < 1.29 is 98.4 Å². The molecule has 746 valence electrons. The van der Waals surface area contributed by atoms with Crippen LogP contribution in [0.15, 0.2) is 231 Å². The molecule has 1 aliphatic heterocycles. The Bertz CT molecular complexity index is 4260. The number of ether oxygens (including phenoxy) is 6. The average Bonchev–Trinajstić information content (AvgIpc) is 1.89. The number of aryl methyl sites for hydroxylation is 10. The maximum absolute atomic E-state index is 11.6. The Balaban J connectivity index is 0.000000780. The van der Waals surface area contributed by atoms with Gasteiger partial charge in [0, 0.05) is 32.4 Å². The Morgan fingerprint density at radius 3 is 0.926 bits per heavy atom. The Morgan fingerprint density at radius 2 is 0.681 bits per heavy atom. The lowest BCUT2D eigenvalue weighted by atomic mass is 10.1. The summed E-state index contributed by atoms with van der Waals surface area (Å²) in [5, 5.41) is 84.5. The molecule has 26 nitrogen and oxygen atoms in total. The van der Waals surface area contributed by atoms with Crippen LogP contribution < -0.4 is 47.8 Å². The summed E-state index contributed by atoms with van der Waals surface area (Å²) in [6, 6.07) is 74.9. The predicted molar refractivity (Wildman–Crippen MR) is 543 cm³/mol. The van der Waals surface area contributed by atoms with Crippen molar-refractivity contribution in [1.29, 1.82) is 0 Å². The number of nitrogens with two attached hydrogens (primary N) is 4. The van der Waals surface area contributed by atoms with Crippen LogP contribution in [0.25, 0.3) is 0 Å². The fraction of sp³-hybridized carbons (Fsp3) is 0.449. The number of carboxylic acids is 1. The largest absolute Gasteiger partial charge is 0.508 e. The topological polar surface area (TPSA) is 454 Å². The highest BCUT2D eigenvalue weighted by molar-refractivity contribution is 8.93. The van der Waals surface area contributed by atoms with E-state index in [-0.39, 0.29) is 105 Å². The Morgan fingerprint density at radius 1 is 0.400 bits per heavy atom. The zero-order valence-corrected chi connectivity index (χ0v) is 82.3. The van der Waals surface area contributed by atoms with Crippen molar-refractivity contribution in [3.8, 4) is 23.0 Å². The number of carboxylic acid groups (broad SMARTS) is 1. The standard InChI is InChI=1S/C21H27NO5.C18H21NO3.2C13H21NO3.C11H15NO.C11H17N.C11H14O2.C6H11ClO.C3H6O2.BrH/c23-14-19(24)16-26-20-11-9-17(10-12-20)6-4-5-13-22-21(25)27-15-18-7-2-1-3-8-18;20-17-11-9-15(10-12-17)6-4-5-13-19-18(21)22-14-16-7-2-1-3-8-16;2*14-8-2-1-3-11-4-6-13(7-5-11)17-10-12(16)9-15;1-9-5-7-10(8-6-9)3-2-4-11(12)13;1-10-5-7-11(8-6-10)4-2-3-9-12;1-9-5-7-10(8-6-9)3-2-4-11(12)13;1-5(2)3-4-6(7)8;4-1-3-2-5-3;/h1-3,7-12,19,23-24H,4-6,13-16H2,(H,22,25);1-3,7-12,20H,4-6,13-14H2,(H,19,21);2*4-7,12,15-16H,1-3,8-10,14H2;5-8H,2-4H2,1H3,(H2,12,13);5-8H,2-4,9,12H2,1H3;5-8H,2-4H2,1H3,(H,12,13);5H,3-4H2,1-2H3;3-4H,1-2H2;1H. The number of primary amides is 1. The van der Waals surface area contributed by atoms with E-state index in [0.29, 0.717) is 55.7 Å². The van der Waals surface area contributed by atoms with Crippen LogP contribution in [0.2, 0.25) is 0 Å². The number of nitrogens with one attached hydrogen (secondary N) is 2. The molecule has 135 heavy (non-hydrogen) atoms. The molecule has 3 amide bonds. The van der Waals surface area contributed by atoms with Gasteiger partial charge in [0.2, 0.25) is 11.1 Å². The number of carbonyl (C=O) groups is 5. The second-order valence-corrected chi connectivity index (χ2v) is 33.0. The Hall–Kier alpha value is -10.3. The number of amides is 3. The van der Waals surface area contributed by atoms with Crippen molar-refractivity contribution in [2.75, 3.05) is 85.6 Å². The summed E-state index contributed by atoms with van der Waals surface area (Å²) in [6.07, 6.45) is 17.8. The summed E-state index contributed by atoms with van der Waals surface area (Å²) < 4.78 is 30.9. The van der Waals surface area contributed by atoms with Gasteiger partial charge >= 0.3 is 18.2 Å². The maximum Gasteiger partial charge on any atom is 0.407 e. The van der Waals surface area contributed by atoms with Gasteiger partial charge in [0.1, 0.15) is 80.4 Å². The highest BCUT2D eigenvalue weighted by Gasteiger charge is 2.20. The van der Waals surface area contributed by atoms with Crippen LogP contribution in [0.3, 0.4) is 0 Å². The molecule has 9 aromatic carbocycles. The molecule has 10 rings (SSSR count). The minimum absolute atomic E-state index is 0. The molecule has 1 saturated heterocycles. The lowest BCUT2D eigenvalue weighted by Gasteiger charge is -2.10. The zero-order chi connectivity index (χ0) is 98.4. The third-order valence-corrected chi connectivity index (χ3v) is 20.0. The van der Waals surface area contributed by atoms with Gasteiger partial charge in [-0.15, -0.1) is 17.0 Å². The molecule has 0 saturated carbocycles. The molecule has 9 aromatic rings. The average molecular weight is 1960 g/mol. The SMILES string of the molecule is Br.CC(C)CCC(=O)Cl.Cc1ccc(CCCC(=O)O)cc1.Cc1ccc(CCCC(N)=O)cc1.Cc1ccc(CCCCN)cc1.NCCCCc1ccc(OCC(O)CO)cc1.NCCCCc1ccc(OCC(O)CO)cc1.O=C(NCCCCc1ccc(O)cc1)OCc1ccccc1.O=C(NCCCCc1ccc(OCC(O)CO)cc1)OCc1ccccc1.OCC1CO1. The van der Waals surface area contributed by atoms with E-state index >= 15 is 0 Å². The zero-order valence-electron chi connectivity index (χ0n) is 79.8. The third kappa shape index (κ3) is 71.8. The Labute approximate surface area is 816 Å². The number of aromatic hydroxyl groups is 1. The molecular formula is C107H154BrClN6O20. The first-order chi connectivity index (χ1) is 64.7. The molecule has 19 N–H and O–H groups in total. The minimum Gasteiger partial charge on any atom is -0.508 e. The van der Waals surface area contributed by atoms with Gasteiger partial charge in [-0.3, -0.25) is 14.4 Å². The van der Waals surface area contributed by atoms with Crippen LogP contribution in [0, 0.1) is 26.7 Å². The van der Waals surface area contributed by atoms with Crippen LogP contribution in [0.4, 0.5) is 9.59 Å². The predicted octanol–water partition coefficient (Wildman–Crippen LogP) is 16.3. The molecule has 0 aliphatic carbocycles. The van der Waals surface area contributed by atoms with Crippen LogP contribution >= 0.6 is 28.6 Å². The van der Waals surface area contributed by atoms with E-state index < -0.39 is 30.4 Å². The van der Waals surface area contributed by atoms with E-state index in [0.717, 1.165) is 159 Å². The number of benzene rings is 9. The molecule has 1 fully saturated rings. The summed E-state index contributed by atoms with van der Waals surface area (Å²) in [5.74, 6) is 2.01. The number of hydrogen-bond donors (Lipinski definition) is 15. The summed E-state index contributed by atoms with van der Waals surface area (Å²) in [7, 11) is 0. The monoisotopic (exact) mass is 1960 g/mol. The van der Waals surface area contributed by atoms with Gasteiger partial charge in [0.05, 0.1) is 33.0 Å². The summed E-state index contributed by atoms with van der Waals surface area (Å²) in [5.41, 5.74) is 35.9. The number of carbonyl (C=O) groups excluding carboxylic acids is 4. The lowest BCUT2D eigenvalue weighted by Crippen LogP contribution is -2.25. The van der Waals surface area contributed by atoms with E-state index in [9.17, 15) is 34.2 Å². The highest BCUT2D eigenvalue weighted by atomic mass is 79.9. The van der Waals surface area contributed by atoms with E-state index in [1.54, 1.807) is 12.1 Å². The number of rotatable bonds is 50. The molecular weight excluding hydrogens is 1800 g/mol. The van der Waals surface area contributed by atoms with E-state index in [1.807, 2.05) is 153 Å². The molecule has 0 aromatic heterocycles. The highest BCUT2D eigenvalue weighted by Crippen LogP contribution is 2.20. The second-order valence-electron chi connectivity index (χ2n) is 32.6. The van der Waals surface area contributed by atoms with Crippen LogP contribution in [-0.2, 0) is 86.8 Å². The van der Waals surface area contributed by atoms with Gasteiger partial charge < -0.3 is 108 Å². The molecule has 1 aliphatic rings. The number of epoxide rings is 1. The number of unbranched alkanes of at least 4 members (excludes halogenated alkanes) is 5. The minimum atomic E-state index is -0.864. The second kappa shape index (κ2) is 80.9. The first-order valence-electron chi connectivity index (χ1n) is 46.5. The molecule has 1 heterocycles. The van der Waals surface area contributed by atoms with Crippen LogP contribution in [0.5, 0.6) is 23.0 Å². The van der Waals surface area contributed by atoms with Gasteiger partial charge in [0.25, 0.3) is 0 Å².